The van der Waals surface area contributed by atoms with Crippen molar-refractivity contribution in [3.63, 3.8) is 0 Å². The smallest absolute Gasteiger partial charge is 0.335 e. The molecule has 1 atom stereocenters. The van der Waals surface area contributed by atoms with Crippen molar-refractivity contribution in [3.8, 4) is 0 Å². The molecule has 0 radical (unpaired) electrons. The van der Waals surface area contributed by atoms with E-state index in [0.717, 1.165) is 0 Å². The van der Waals surface area contributed by atoms with Gasteiger partial charge >= 0.3 is 12.0 Å². The molecule has 0 saturated heterocycles. The number of aryl methyl sites for hydroxylation is 1. The molecule has 1 unspecified atom stereocenters. The Morgan fingerprint density at radius 2 is 1.95 bits per heavy atom. The molecule has 0 bridgehead atoms. The van der Waals surface area contributed by atoms with Gasteiger partial charge in [0.1, 0.15) is 0 Å². The number of rotatable bonds is 4. The molecule has 0 heterocycles. The van der Waals surface area contributed by atoms with Crippen LogP contribution in [-0.2, 0) is 4.79 Å². The van der Waals surface area contributed by atoms with Gasteiger partial charge in [0.2, 0.25) is 5.91 Å². The van der Waals surface area contributed by atoms with E-state index in [1.807, 2.05) is 0 Å². The molecule has 6 nitrogen and oxygen atoms in total. The van der Waals surface area contributed by atoms with Gasteiger partial charge < -0.3 is 10.4 Å². The Morgan fingerprint density at radius 1 is 1.30 bits per heavy atom. The van der Waals surface area contributed by atoms with E-state index in [0.29, 0.717) is 10.5 Å². The maximum Gasteiger partial charge on any atom is 0.335 e. The molecule has 3 N–H and O–H groups in total. The molecule has 0 saturated carbocycles. The van der Waals surface area contributed by atoms with Gasteiger partial charge in [-0.15, -0.1) is 11.8 Å². The van der Waals surface area contributed by atoms with Crippen molar-refractivity contribution in [1.82, 2.24) is 10.6 Å². The number of nitrogens with one attached hydrogen (secondary N) is 2. The summed E-state index contributed by atoms with van der Waals surface area (Å²) >= 11 is 1.19. The third kappa shape index (κ3) is 4.27. The lowest BCUT2D eigenvalue weighted by atomic mass is 10.1. The van der Waals surface area contributed by atoms with Crippen molar-refractivity contribution in [1.29, 1.82) is 0 Å². The topological polar surface area (TPSA) is 95.5 Å². The number of urea groups is 1. The Bertz CT molecular complexity index is 545. The lowest BCUT2D eigenvalue weighted by Gasteiger charge is -2.12. The molecule has 0 aliphatic carbocycles. The third-order valence-corrected chi connectivity index (χ3v) is 3.68. The number of hydrogen-bond donors (Lipinski definition) is 3. The highest BCUT2D eigenvalue weighted by Crippen LogP contribution is 2.25. The van der Waals surface area contributed by atoms with Crippen molar-refractivity contribution in [2.75, 3.05) is 7.05 Å². The highest BCUT2D eigenvalue weighted by molar-refractivity contribution is 8.00. The van der Waals surface area contributed by atoms with Gasteiger partial charge in [0.15, 0.2) is 0 Å². The first kappa shape index (κ1) is 16.0. The van der Waals surface area contributed by atoms with Gasteiger partial charge in [0, 0.05) is 11.9 Å². The summed E-state index contributed by atoms with van der Waals surface area (Å²) in [5, 5.41) is 13.0. The molecule has 0 fully saturated rings. The quantitative estimate of drug-likeness (QED) is 0.734. The number of benzene rings is 1. The summed E-state index contributed by atoms with van der Waals surface area (Å²) in [6.07, 6.45) is 0. The summed E-state index contributed by atoms with van der Waals surface area (Å²) < 4.78 is 0. The van der Waals surface area contributed by atoms with Crippen LogP contribution in [0.4, 0.5) is 4.79 Å². The van der Waals surface area contributed by atoms with E-state index in [1.54, 1.807) is 26.0 Å². The minimum atomic E-state index is -1.01. The van der Waals surface area contributed by atoms with Gasteiger partial charge in [0.25, 0.3) is 0 Å². The zero-order valence-corrected chi connectivity index (χ0v) is 12.2. The fourth-order valence-electron chi connectivity index (χ4n) is 1.44. The summed E-state index contributed by atoms with van der Waals surface area (Å²) in [5.74, 6) is -1.45. The normalized spacial score (nSPS) is 11.6. The Kier molecular flexibility index (Phi) is 5.57. The Balaban J connectivity index is 2.78. The van der Waals surface area contributed by atoms with Gasteiger partial charge in [-0.3, -0.25) is 10.1 Å². The first-order valence-electron chi connectivity index (χ1n) is 5.88. The zero-order chi connectivity index (χ0) is 15.3. The predicted octanol–water partition coefficient (Wildman–Crippen LogP) is 1.63. The summed E-state index contributed by atoms with van der Waals surface area (Å²) in [5.41, 5.74) is 0.859. The molecule has 0 aliphatic rings. The number of carboxylic acid groups (broad SMARTS) is 1. The maximum absolute atomic E-state index is 11.7. The van der Waals surface area contributed by atoms with Crippen LogP contribution in [0.1, 0.15) is 22.8 Å². The molecule has 0 aliphatic heterocycles. The molecule has 0 aromatic heterocycles. The summed E-state index contributed by atoms with van der Waals surface area (Å²) in [7, 11) is 1.42. The average molecular weight is 296 g/mol. The minimum Gasteiger partial charge on any atom is -0.478 e. The number of imide groups is 1. The Labute approximate surface area is 120 Å². The zero-order valence-electron chi connectivity index (χ0n) is 11.4. The van der Waals surface area contributed by atoms with E-state index >= 15 is 0 Å². The first-order chi connectivity index (χ1) is 9.35. The highest BCUT2D eigenvalue weighted by atomic mass is 32.2. The maximum atomic E-state index is 11.7. The van der Waals surface area contributed by atoms with Crippen molar-refractivity contribution in [2.24, 2.45) is 0 Å². The molecule has 108 valence electrons. The molecule has 0 spiro atoms. The van der Waals surface area contributed by atoms with Crippen molar-refractivity contribution in [2.45, 2.75) is 24.0 Å². The van der Waals surface area contributed by atoms with E-state index in [9.17, 15) is 14.4 Å². The van der Waals surface area contributed by atoms with Gasteiger partial charge in [0.05, 0.1) is 10.8 Å². The number of hydrogen-bond acceptors (Lipinski definition) is 4. The van der Waals surface area contributed by atoms with Crippen molar-refractivity contribution < 1.29 is 19.5 Å². The van der Waals surface area contributed by atoms with Gasteiger partial charge in [-0.1, -0.05) is 6.07 Å². The van der Waals surface area contributed by atoms with Crippen molar-refractivity contribution >= 4 is 29.7 Å². The van der Waals surface area contributed by atoms with Crippen LogP contribution in [0.2, 0.25) is 0 Å². The number of thioether (sulfide) groups is 1. The molecular formula is C13H16N2O4S. The van der Waals surface area contributed by atoms with Crippen LogP contribution < -0.4 is 10.6 Å². The second-order valence-corrected chi connectivity index (χ2v) is 5.52. The molecule has 1 aromatic carbocycles. The van der Waals surface area contributed by atoms with Gasteiger partial charge in [-0.2, -0.15) is 0 Å². The first-order valence-corrected chi connectivity index (χ1v) is 6.76. The van der Waals surface area contributed by atoms with E-state index in [4.69, 9.17) is 5.11 Å². The highest BCUT2D eigenvalue weighted by Gasteiger charge is 2.17. The summed E-state index contributed by atoms with van der Waals surface area (Å²) in [6.45, 7) is 3.35. The van der Waals surface area contributed by atoms with Crippen LogP contribution in [-0.4, -0.2) is 35.3 Å². The van der Waals surface area contributed by atoms with Crippen LogP contribution in [0.5, 0.6) is 0 Å². The second kappa shape index (κ2) is 6.95. The van der Waals surface area contributed by atoms with Gasteiger partial charge in [-0.05, 0) is 31.5 Å². The molecule has 1 rings (SSSR count). The fourth-order valence-corrected chi connectivity index (χ4v) is 2.35. The number of aromatic carboxylic acids is 1. The molecular weight excluding hydrogens is 280 g/mol. The number of amides is 3. The summed E-state index contributed by atoms with van der Waals surface area (Å²) in [4.78, 5) is 34.4. The largest absolute Gasteiger partial charge is 0.478 e. The van der Waals surface area contributed by atoms with Gasteiger partial charge in [-0.25, -0.2) is 9.59 Å². The predicted molar refractivity (Wildman–Crippen MR) is 76.1 cm³/mol. The Hall–Kier alpha value is -2.02. The van der Waals surface area contributed by atoms with E-state index in [-0.39, 0.29) is 5.56 Å². The Morgan fingerprint density at radius 3 is 2.50 bits per heavy atom. The lowest BCUT2D eigenvalue weighted by Crippen LogP contribution is -2.41. The van der Waals surface area contributed by atoms with Crippen LogP contribution in [0, 0.1) is 6.92 Å². The van der Waals surface area contributed by atoms with E-state index < -0.39 is 23.2 Å². The molecule has 3 amide bonds. The number of carbonyl (C=O) groups excluding carboxylic acids is 2. The van der Waals surface area contributed by atoms with E-state index in [2.05, 4.69) is 10.6 Å². The van der Waals surface area contributed by atoms with Crippen LogP contribution in [0.15, 0.2) is 23.1 Å². The lowest BCUT2D eigenvalue weighted by molar-refractivity contribution is -0.119. The average Bonchev–Trinajstić information content (AvgIpc) is 2.40. The SMILES string of the molecule is CNC(=O)NC(=O)C(C)Sc1ccc(C)c(C(=O)O)c1. The monoisotopic (exact) mass is 296 g/mol. The second-order valence-electron chi connectivity index (χ2n) is 4.11. The minimum absolute atomic E-state index is 0.203. The standard InChI is InChI=1S/C13H16N2O4S/c1-7-4-5-9(6-10(7)12(17)18)20-8(2)11(16)15-13(19)14-3/h4-6,8H,1-3H3,(H,17,18)(H2,14,15,16,19). The van der Waals surface area contributed by atoms with E-state index in [1.165, 1.54) is 24.9 Å². The van der Waals surface area contributed by atoms with Crippen molar-refractivity contribution in [3.05, 3.63) is 29.3 Å². The fraction of sp³-hybridized carbons (Fsp3) is 0.308. The number of carboxylic acids is 1. The molecule has 7 heteroatoms. The van der Waals surface area contributed by atoms with Crippen LogP contribution >= 0.6 is 11.8 Å². The third-order valence-electron chi connectivity index (χ3n) is 2.59. The molecule has 1 aromatic rings. The number of carbonyl (C=O) groups is 3. The summed E-state index contributed by atoms with van der Waals surface area (Å²) in [6, 6.07) is 4.38. The van der Waals surface area contributed by atoms with Crippen LogP contribution in [0.25, 0.3) is 0 Å². The van der Waals surface area contributed by atoms with Crippen LogP contribution in [0.3, 0.4) is 0 Å². The molecule has 20 heavy (non-hydrogen) atoms.